The number of aryl methyl sites for hydroxylation is 2. The molecule has 29 heavy (non-hydrogen) atoms. The third-order valence-corrected chi connectivity index (χ3v) is 6.26. The number of likely N-dealkylation sites (tertiary alicyclic amines) is 1. The molecule has 2 heterocycles. The zero-order valence-corrected chi connectivity index (χ0v) is 18.2. The largest absolute Gasteiger partial charge is 0.494 e. The second-order valence-corrected chi connectivity index (χ2v) is 8.35. The van der Waals surface area contributed by atoms with Crippen molar-refractivity contribution in [1.29, 1.82) is 0 Å². The third kappa shape index (κ3) is 5.35. The zero-order chi connectivity index (χ0) is 20.8. The van der Waals surface area contributed by atoms with Crippen LogP contribution in [0.25, 0.3) is 0 Å². The van der Waals surface area contributed by atoms with Crippen LogP contribution in [0, 0.1) is 6.92 Å². The van der Waals surface area contributed by atoms with Crippen molar-refractivity contribution in [2.75, 3.05) is 19.7 Å². The predicted molar refractivity (Wildman–Crippen MR) is 115 cm³/mol. The van der Waals surface area contributed by atoms with Gasteiger partial charge in [0.15, 0.2) is 0 Å². The molecule has 1 fully saturated rings. The van der Waals surface area contributed by atoms with Crippen LogP contribution in [0.4, 0.5) is 0 Å². The van der Waals surface area contributed by atoms with Gasteiger partial charge in [0, 0.05) is 24.7 Å². The molecule has 0 saturated carbocycles. The molecule has 0 radical (unpaired) electrons. The van der Waals surface area contributed by atoms with Crippen molar-refractivity contribution >= 4 is 23.2 Å². The summed E-state index contributed by atoms with van der Waals surface area (Å²) in [6.07, 6.45) is 3.45. The monoisotopic (exact) mass is 415 g/mol. The first kappa shape index (κ1) is 21.3. The molecular weight excluding hydrogens is 386 g/mol. The van der Waals surface area contributed by atoms with Gasteiger partial charge in [-0.2, -0.15) is 0 Å². The molecule has 6 nitrogen and oxygen atoms in total. The molecule has 0 atom stereocenters. The standard InChI is InChI=1S/C22H29N3O3S/c1-4-6-19-23-15(3)20(29-19)21(26)24-17-11-13-25(14-12-17)22(27)16-7-9-18(10-8-16)28-5-2/h7-10,17H,4-6,11-14H2,1-3H3,(H,24,26). The number of nitrogens with one attached hydrogen (secondary N) is 1. The molecule has 0 spiro atoms. The molecule has 1 aliphatic rings. The van der Waals surface area contributed by atoms with Crippen molar-refractivity contribution in [3.63, 3.8) is 0 Å². The van der Waals surface area contributed by atoms with Crippen LogP contribution in [0.2, 0.25) is 0 Å². The molecule has 0 aliphatic carbocycles. The fourth-order valence-corrected chi connectivity index (χ4v) is 4.57. The van der Waals surface area contributed by atoms with Crippen molar-refractivity contribution < 1.29 is 14.3 Å². The number of benzene rings is 1. The average Bonchev–Trinajstić information content (AvgIpc) is 3.09. The number of ether oxygens (including phenoxy) is 1. The van der Waals surface area contributed by atoms with Crippen LogP contribution in [0.3, 0.4) is 0 Å². The summed E-state index contributed by atoms with van der Waals surface area (Å²) < 4.78 is 5.43. The van der Waals surface area contributed by atoms with Gasteiger partial charge in [-0.05, 0) is 63.8 Å². The number of aromatic nitrogens is 1. The van der Waals surface area contributed by atoms with E-state index in [0.29, 0.717) is 30.1 Å². The number of rotatable bonds is 7. The third-order valence-electron chi connectivity index (χ3n) is 5.04. The van der Waals surface area contributed by atoms with E-state index < -0.39 is 0 Å². The summed E-state index contributed by atoms with van der Waals surface area (Å²) in [5.74, 6) is 0.755. The van der Waals surface area contributed by atoms with Crippen LogP contribution < -0.4 is 10.1 Å². The van der Waals surface area contributed by atoms with Crippen molar-refractivity contribution in [3.8, 4) is 5.75 Å². The minimum Gasteiger partial charge on any atom is -0.494 e. The lowest BCUT2D eigenvalue weighted by molar-refractivity contribution is 0.0698. The van der Waals surface area contributed by atoms with Crippen LogP contribution in [-0.4, -0.2) is 47.4 Å². The molecule has 2 aromatic rings. The molecule has 156 valence electrons. The number of hydrogen-bond donors (Lipinski definition) is 1. The van der Waals surface area contributed by atoms with Gasteiger partial charge in [0.1, 0.15) is 10.6 Å². The summed E-state index contributed by atoms with van der Waals surface area (Å²) in [7, 11) is 0. The van der Waals surface area contributed by atoms with Crippen LogP contribution in [0.1, 0.15) is 63.8 Å². The molecule has 1 aromatic carbocycles. The Balaban J connectivity index is 1.52. The van der Waals surface area contributed by atoms with Gasteiger partial charge in [-0.1, -0.05) is 6.92 Å². The highest BCUT2D eigenvalue weighted by Gasteiger charge is 2.26. The minimum atomic E-state index is -0.0429. The molecule has 1 N–H and O–H groups in total. The predicted octanol–water partition coefficient (Wildman–Crippen LogP) is 3.84. The van der Waals surface area contributed by atoms with E-state index in [-0.39, 0.29) is 17.9 Å². The summed E-state index contributed by atoms with van der Waals surface area (Å²) in [5.41, 5.74) is 1.47. The molecular formula is C22H29N3O3S. The molecule has 0 bridgehead atoms. The van der Waals surface area contributed by atoms with E-state index in [1.807, 2.05) is 43.0 Å². The van der Waals surface area contributed by atoms with E-state index in [0.717, 1.165) is 42.1 Å². The van der Waals surface area contributed by atoms with Crippen LogP contribution >= 0.6 is 11.3 Å². The van der Waals surface area contributed by atoms with Gasteiger partial charge in [-0.25, -0.2) is 4.98 Å². The first-order valence-corrected chi connectivity index (χ1v) is 11.1. The molecule has 3 rings (SSSR count). The van der Waals surface area contributed by atoms with Crippen LogP contribution in [0.15, 0.2) is 24.3 Å². The Morgan fingerprint density at radius 1 is 1.21 bits per heavy atom. The van der Waals surface area contributed by atoms with Gasteiger partial charge in [-0.15, -0.1) is 11.3 Å². The van der Waals surface area contributed by atoms with Crippen LogP contribution in [0.5, 0.6) is 5.75 Å². The smallest absolute Gasteiger partial charge is 0.263 e. The van der Waals surface area contributed by atoms with E-state index in [9.17, 15) is 9.59 Å². The van der Waals surface area contributed by atoms with E-state index in [4.69, 9.17) is 4.74 Å². The highest BCUT2D eigenvalue weighted by Crippen LogP contribution is 2.21. The van der Waals surface area contributed by atoms with Gasteiger partial charge in [0.2, 0.25) is 0 Å². The Kier molecular flexibility index (Phi) is 7.25. The number of hydrogen-bond acceptors (Lipinski definition) is 5. The average molecular weight is 416 g/mol. The van der Waals surface area contributed by atoms with E-state index in [1.54, 1.807) is 0 Å². The van der Waals surface area contributed by atoms with E-state index >= 15 is 0 Å². The Hall–Kier alpha value is -2.41. The highest BCUT2D eigenvalue weighted by atomic mass is 32.1. The zero-order valence-electron chi connectivity index (χ0n) is 17.4. The van der Waals surface area contributed by atoms with Crippen LogP contribution in [-0.2, 0) is 6.42 Å². The SMILES string of the molecule is CCCc1nc(C)c(C(=O)NC2CCN(C(=O)c3ccc(OCC)cc3)CC2)s1. The second-order valence-electron chi connectivity index (χ2n) is 7.27. The highest BCUT2D eigenvalue weighted by molar-refractivity contribution is 7.13. The maximum absolute atomic E-state index is 12.7. The Bertz CT molecular complexity index is 839. The van der Waals surface area contributed by atoms with Crippen molar-refractivity contribution in [3.05, 3.63) is 45.4 Å². The quantitative estimate of drug-likeness (QED) is 0.746. The van der Waals surface area contributed by atoms with Gasteiger partial charge in [0.05, 0.1) is 17.3 Å². The minimum absolute atomic E-state index is 0.0281. The van der Waals surface area contributed by atoms with Gasteiger partial charge in [-0.3, -0.25) is 9.59 Å². The van der Waals surface area contributed by atoms with Gasteiger partial charge >= 0.3 is 0 Å². The van der Waals surface area contributed by atoms with Crippen molar-refractivity contribution in [2.45, 2.75) is 52.5 Å². The van der Waals surface area contributed by atoms with Crippen molar-refractivity contribution in [2.24, 2.45) is 0 Å². The summed E-state index contributed by atoms with van der Waals surface area (Å²) in [4.78, 5) is 32.4. The van der Waals surface area contributed by atoms with Crippen molar-refractivity contribution in [1.82, 2.24) is 15.2 Å². The fraction of sp³-hybridized carbons (Fsp3) is 0.500. The number of amides is 2. The Morgan fingerprint density at radius 3 is 2.52 bits per heavy atom. The molecule has 0 unspecified atom stereocenters. The lowest BCUT2D eigenvalue weighted by atomic mass is 10.0. The topological polar surface area (TPSA) is 71.5 Å². The summed E-state index contributed by atoms with van der Waals surface area (Å²) >= 11 is 1.49. The molecule has 1 aromatic heterocycles. The summed E-state index contributed by atoms with van der Waals surface area (Å²) in [6, 6.07) is 7.36. The first-order chi connectivity index (χ1) is 14.0. The second kappa shape index (κ2) is 9.87. The number of carbonyl (C=O) groups excluding carboxylic acids is 2. The number of thiazole rings is 1. The maximum atomic E-state index is 12.7. The lowest BCUT2D eigenvalue weighted by Gasteiger charge is -2.32. The Labute approximate surface area is 176 Å². The molecule has 1 aliphatic heterocycles. The molecule has 7 heteroatoms. The number of piperidine rings is 1. The first-order valence-electron chi connectivity index (χ1n) is 10.3. The normalized spacial score (nSPS) is 14.7. The summed E-state index contributed by atoms with van der Waals surface area (Å²) in [6.45, 7) is 7.82. The maximum Gasteiger partial charge on any atom is 0.263 e. The van der Waals surface area contributed by atoms with E-state index in [2.05, 4.69) is 17.2 Å². The van der Waals surface area contributed by atoms with Gasteiger partial charge in [0.25, 0.3) is 11.8 Å². The molecule has 2 amide bonds. The lowest BCUT2D eigenvalue weighted by Crippen LogP contribution is -2.46. The van der Waals surface area contributed by atoms with Gasteiger partial charge < -0.3 is 15.0 Å². The number of carbonyl (C=O) groups is 2. The van der Waals surface area contributed by atoms with E-state index in [1.165, 1.54) is 11.3 Å². The fourth-order valence-electron chi connectivity index (χ4n) is 3.50. The summed E-state index contributed by atoms with van der Waals surface area (Å²) in [5, 5.41) is 4.15. The number of nitrogens with zero attached hydrogens (tertiary/aromatic N) is 2. The molecule has 1 saturated heterocycles. The Morgan fingerprint density at radius 2 is 1.90 bits per heavy atom.